The summed E-state index contributed by atoms with van der Waals surface area (Å²) in [4.78, 5) is 3.19. The Morgan fingerprint density at radius 2 is 1.80 bits per heavy atom. The highest BCUT2D eigenvalue weighted by Gasteiger charge is 1.94. The van der Waals surface area contributed by atoms with Gasteiger partial charge in [0.1, 0.15) is 0 Å². The van der Waals surface area contributed by atoms with Crippen molar-refractivity contribution in [2.75, 3.05) is 0 Å². The quantitative estimate of drug-likeness (QED) is 0.701. The fourth-order valence-corrected chi connectivity index (χ4v) is 1.22. The molecule has 2 aromatic rings. The molecule has 0 unspecified atom stereocenters. The van der Waals surface area contributed by atoms with Gasteiger partial charge in [-0.2, -0.15) is 0 Å². The first-order chi connectivity index (χ1) is 7.15. The molecule has 1 heteroatoms. The molecule has 2 rings (SSSR count). The molecule has 82 valence electrons. The van der Waals surface area contributed by atoms with Gasteiger partial charge >= 0.3 is 0 Å². The van der Waals surface area contributed by atoms with Gasteiger partial charge in [-0.15, -0.1) is 0 Å². The topological polar surface area (TPSA) is 15.8 Å². The molecule has 0 bridgehead atoms. The standard InChI is InChI=1S/C9H9N.C5H12/c1-7-6-10-9-5-3-2-4-8(7)9;1-4-5(2)3/h2-6,10H,1H3;5H,4H2,1-3H3. The molecule has 0 aliphatic carbocycles. The highest BCUT2D eigenvalue weighted by atomic mass is 14.7. The zero-order valence-corrected chi connectivity index (χ0v) is 10.2. The number of rotatable bonds is 1. The van der Waals surface area contributed by atoms with Gasteiger partial charge in [-0.25, -0.2) is 0 Å². The Kier molecular flexibility index (Phi) is 4.41. The third-order valence-electron chi connectivity index (χ3n) is 2.61. The second-order valence-corrected chi connectivity index (χ2v) is 4.32. The van der Waals surface area contributed by atoms with Gasteiger partial charge in [-0.1, -0.05) is 45.4 Å². The number of hydrogen-bond acceptors (Lipinski definition) is 0. The van der Waals surface area contributed by atoms with E-state index in [0.717, 1.165) is 5.92 Å². The highest BCUT2D eigenvalue weighted by Crippen LogP contribution is 2.15. The molecule has 0 radical (unpaired) electrons. The number of H-pyrrole nitrogens is 1. The van der Waals surface area contributed by atoms with Gasteiger partial charge in [0.05, 0.1) is 0 Å². The fraction of sp³-hybridized carbons (Fsp3) is 0.429. The Balaban J connectivity index is 0.000000195. The number of fused-ring (bicyclic) bond motifs is 1. The Morgan fingerprint density at radius 3 is 2.33 bits per heavy atom. The monoisotopic (exact) mass is 203 g/mol. The third kappa shape index (κ3) is 3.43. The Hall–Kier alpha value is -1.24. The van der Waals surface area contributed by atoms with Crippen LogP contribution in [0.2, 0.25) is 0 Å². The minimum atomic E-state index is 0.884. The van der Waals surface area contributed by atoms with E-state index in [9.17, 15) is 0 Å². The van der Waals surface area contributed by atoms with Crippen LogP contribution in [-0.2, 0) is 0 Å². The summed E-state index contributed by atoms with van der Waals surface area (Å²) in [7, 11) is 0. The van der Waals surface area contributed by atoms with Crippen molar-refractivity contribution in [1.82, 2.24) is 4.98 Å². The molecular weight excluding hydrogens is 182 g/mol. The van der Waals surface area contributed by atoms with Gasteiger partial charge in [-0.3, -0.25) is 0 Å². The number of benzene rings is 1. The van der Waals surface area contributed by atoms with Gasteiger partial charge in [0.25, 0.3) is 0 Å². The average molecular weight is 203 g/mol. The van der Waals surface area contributed by atoms with Crippen LogP contribution in [0.3, 0.4) is 0 Å². The molecule has 0 fully saturated rings. The smallest absolute Gasteiger partial charge is 0.0456 e. The Bertz CT molecular complexity index is 398. The van der Waals surface area contributed by atoms with Crippen molar-refractivity contribution in [3.63, 3.8) is 0 Å². The molecule has 0 spiro atoms. The third-order valence-corrected chi connectivity index (χ3v) is 2.61. The molecule has 0 saturated carbocycles. The molecule has 0 aliphatic rings. The summed E-state index contributed by atoms with van der Waals surface area (Å²) < 4.78 is 0. The maximum Gasteiger partial charge on any atom is 0.0456 e. The van der Waals surface area contributed by atoms with Gasteiger partial charge in [0, 0.05) is 17.1 Å². The number of aromatic nitrogens is 1. The summed E-state index contributed by atoms with van der Waals surface area (Å²) in [6.45, 7) is 8.75. The summed E-state index contributed by atoms with van der Waals surface area (Å²) >= 11 is 0. The van der Waals surface area contributed by atoms with Crippen LogP contribution in [0.1, 0.15) is 32.8 Å². The van der Waals surface area contributed by atoms with Crippen LogP contribution >= 0.6 is 0 Å². The van der Waals surface area contributed by atoms with Crippen molar-refractivity contribution in [2.45, 2.75) is 34.1 Å². The summed E-state index contributed by atoms with van der Waals surface area (Å²) in [5.41, 5.74) is 2.54. The van der Waals surface area contributed by atoms with Crippen LogP contribution in [-0.4, -0.2) is 4.98 Å². The van der Waals surface area contributed by atoms with Crippen molar-refractivity contribution >= 4 is 10.9 Å². The molecule has 0 atom stereocenters. The van der Waals surface area contributed by atoms with Gasteiger partial charge in [0.15, 0.2) is 0 Å². The molecule has 1 heterocycles. The summed E-state index contributed by atoms with van der Waals surface area (Å²) in [6.07, 6.45) is 3.34. The minimum absolute atomic E-state index is 0.884. The van der Waals surface area contributed by atoms with E-state index in [1.54, 1.807) is 0 Å². The zero-order valence-electron chi connectivity index (χ0n) is 10.2. The first-order valence-corrected chi connectivity index (χ1v) is 5.67. The molecule has 0 aliphatic heterocycles. The number of hydrogen-bond donors (Lipinski definition) is 1. The SMILES string of the molecule is CCC(C)C.Cc1c[nH]c2ccccc12. The normalized spacial score (nSPS) is 10.2. The maximum atomic E-state index is 3.19. The first kappa shape index (κ1) is 11.8. The van der Waals surface area contributed by atoms with E-state index in [4.69, 9.17) is 0 Å². The number of para-hydroxylation sites is 1. The number of nitrogens with one attached hydrogen (secondary N) is 1. The molecular formula is C14H21N. The van der Waals surface area contributed by atoms with Crippen molar-refractivity contribution in [2.24, 2.45) is 5.92 Å². The summed E-state index contributed by atoms with van der Waals surface area (Å²) in [5, 5.41) is 1.32. The maximum absolute atomic E-state index is 3.19. The molecule has 1 nitrogen and oxygen atoms in total. The predicted octanol–water partition coefficient (Wildman–Crippen LogP) is 4.53. The van der Waals surface area contributed by atoms with E-state index in [0.29, 0.717) is 0 Å². The Labute approximate surface area is 92.5 Å². The number of aryl methyl sites for hydroxylation is 1. The lowest BCUT2D eigenvalue weighted by molar-refractivity contribution is 0.626. The molecule has 1 N–H and O–H groups in total. The molecule has 1 aromatic carbocycles. The van der Waals surface area contributed by atoms with E-state index in [-0.39, 0.29) is 0 Å². The van der Waals surface area contributed by atoms with Crippen molar-refractivity contribution in [3.05, 3.63) is 36.0 Å². The van der Waals surface area contributed by atoms with Gasteiger partial charge in [0.2, 0.25) is 0 Å². The van der Waals surface area contributed by atoms with Crippen molar-refractivity contribution < 1.29 is 0 Å². The van der Waals surface area contributed by atoms with E-state index in [1.165, 1.54) is 22.9 Å². The van der Waals surface area contributed by atoms with Crippen LogP contribution in [0.25, 0.3) is 10.9 Å². The van der Waals surface area contributed by atoms with E-state index in [1.807, 2.05) is 12.3 Å². The van der Waals surface area contributed by atoms with Crippen LogP contribution in [0.4, 0.5) is 0 Å². The fourth-order valence-electron chi connectivity index (χ4n) is 1.22. The van der Waals surface area contributed by atoms with Crippen molar-refractivity contribution in [1.29, 1.82) is 0 Å². The van der Waals surface area contributed by atoms with Crippen LogP contribution in [0, 0.1) is 12.8 Å². The molecule has 0 saturated heterocycles. The van der Waals surface area contributed by atoms with Crippen molar-refractivity contribution in [3.8, 4) is 0 Å². The minimum Gasteiger partial charge on any atom is -0.361 e. The number of aromatic amines is 1. The Morgan fingerprint density at radius 1 is 1.20 bits per heavy atom. The van der Waals surface area contributed by atoms with Crippen LogP contribution in [0.15, 0.2) is 30.5 Å². The van der Waals surface area contributed by atoms with E-state index >= 15 is 0 Å². The first-order valence-electron chi connectivity index (χ1n) is 5.67. The average Bonchev–Trinajstić information content (AvgIpc) is 2.62. The van der Waals surface area contributed by atoms with E-state index in [2.05, 4.69) is 50.9 Å². The summed E-state index contributed by atoms with van der Waals surface area (Å²) in [5.74, 6) is 0.884. The zero-order chi connectivity index (χ0) is 11.3. The molecule has 1 aromatic heterocycles. The predicted molar refractivity (Wildman–Crippen MR) is 68.2 cm³/mol. The van der Waals surface area contributed by atoms with E-state index < -0.39 is 0 Å². The summed E-state index contributed by atoms with van der Waals surface area (Å²) in [6, 6.07) is 8.31. The molecule has 0 amide bonds. The lowest BCUT2D eigenvalue weighted by atomic mass is 10.2. The van der Waals surface area contributed by atoms with Crippen LogP contribution < -0.4 is 0 Å². The second-order valence-electron chi connectivity index (χ2n) is 4.32. The second kappa shape index (κ2) is 5.59. The lowest BCUT2D eigenvalue weighted by Crippen LogP contribution is -1.77. The largest absolute Gasteiger partial charge is 0.361 e. The van der Waals surface area contributed by atoms with Gasteiger partial charge < -0.3 is 4.98 Å². The lowest BCUT2D eigenvalue weighted by Gasteiger charge is -1.90. The van der Waals surface area contributed by atoms with Crippen LogP contribution in [0.5, 0.6) is 0 Å². The molecule has 15 heavy (non-hydrogen) atoms. The van der Waals surface area contributed by atoms with Gasteiger partial charge in [-0.05, 0) is 24.5 Å². The highest BCUT2D eigenvalue weighted by molar-refractivity contribution is 5.82.